The van der Waals surface area contributed by atoms with Crippen LogP contribution in [-0.2, 0) is 7.05 Å². The summed E-state index contributed by atoms with van der Waals surface area (Å²) in [4.78, 5) is 2.43. The fourth-order valence-corrected chi connectivity index (χ4v) is 15.4. The molecular formula is C84H54N2. The standard InChI is InChI=1S/C84H54N2/c1-85-75-43-21-42-73-83-72-47-45-54(80-66-34-13-17-38-70(66)82(71-39-18-14-35-67(71)80)63-31-10-8-29-60(63)58-41-20-25-52-23-4-6-27-56(52)58)49-77(72)86(2)78(83)50-74(84(73)75)61-46-44-53(48-76(61)85)79-64-32-11-15-36-68(64)81(69-37-16-12-33-65(69)79)62-30-9-7-28-59(62)57-40-19-24-51-22-3-5-26-55(51)57/h3-50H,1-2H3. The predicted octanol–water partition coefficient (Wildman–Crippen LogP) is 23.2. The third-order valence-electron chi connectivity index (χ3n) is 19.1. The highest BCUT2D eigenvalue weighted by Gasteiger charge is 2.28. The van der Waals surface area contributed by atoms with Gasteiger partial charge in [0.05, 0.1) is 5.52 Å². The highest BCUT2D eigenvalue weighted by Crippen LogP contribution is 2.54. The molecule has 0 saturated heterocycles. The van der Waals surface area contributed by atoms with Gasteiger partial charge >= 0.3 is 0 Å². The Morgan fingerprint density at radius 3 is 1.10 bits per heavy atom. The maximum atomic E-state index is 2.48. The van der Waals surface area contributed by atoms with Crippen LogP contribution >= 0.6 is 0 Å². The third-order valence-corrected chi connectivity index (χ3v) is 19.1. The van der Waals surface area contributed by atoms with Crippen molar-refractivity contribution in [2.24, 2.45) is 7.05 Å². The molecule has 17 aromatic rings. The van der Waals surface area contributed by atoms with Gasteiger partial charge in [0.2, 0.25) is 0 Å². The number of fused-ring (bicyclic) bond motifs is 12. The van der Waals surface area contributed by atoms with E-state index in [2.05, 4.69) is 315 Å². The average Bonchev–Trinajstić information content (AvgIpc) is 1.66. The largest absolute Gasteiger partial charge is 0.344 e. The van der Waals surface area contributed by atoms with Gasteiger partial charge in [-0.2, -0.15) is 0 Å². The Balaban J connectivity index is 0.799. The second kappa shape index (κ2) is 18.7. The molecule has 0 radical (unpaired) electrons. The molecule has 0 amide bonds. The summed E-state index contributed by atoms with van der Waals surface area (Å²) in [6.45, 7) is 0. The van der Waals surface area contributed by atoms with Crippen LogP contribution in [0.5, 0.6) is 0 Å². The van der Waals surface area contributed by atoms with E-state index in [-0.39, 0.29) is 0 Å². The highest BCUT2D eigenvalue weighted by atomic mass is 15.1. The molecule has 16 aromatic carbocycles. The summed E-state index contributed by atoms with van der Waals surface area (Å²) in [5, 5.41) is 20.1. The molecule has 0 aliphatic carbocycles. The molecule has 2 nitrogen and oxygen atoms in total. The maximum Gasteiger partial charge on any atom is 0.0501 e. The molecular weight excluding hydrogens is 1040 g/mol. The van der Waals surface area contributed by atoms with E-state index in [0.29, 0.717) is 0 Å². The lowest BCUT2D eigenvalue weighted by molar-refractivity contribution is 1.01. The summed E-state index contributed by atoms with van der Waals surface area (Å²) < 4.78 is 2.45. The highest BCUT2D eigenvalue weighted by molar-refractivity contribution is 6.30. The first-order valence-electron chi connectivity index (χ1n) is 29.9. The molecule has 0 bridgehead atoms. The van der Waals surface area contributed by atoms with Gasteiger partial charge in [0.15, 0.2) is 0 Å². The summed E-state index contributed by atoms with van der Waals surface area (Å²) in [5.41, 5.74) is 22.2. The Morgan fingerprint density at radius 2 is 0.593 bits per heavy atom. The summed E-state index contributed by atoms with van der Waals surface area (Å²) in [7, 11) is 4.52. The van der Waals surface area contributed by atoms with E-state index >= 15 is 0 Å². The Kier molecular flexibility index (Phi) is 10.6. The molecule has 1 aliphatic rings. The number of aromatic nitrogens is 1. The summed E-state index contributed by atoms with van der Waals surface area (Å²) in [5.74, 6) is 0. The molecule has 400 valence electrons. The van der Waals surface area contributed by atoms with Gasteiger partial charge in [-0.3, -0.25) is 0 Å². The van der Waals surface area contributed by atoms with E-state index in [9.17, 15) is 0 Å². The second-order valence-corrected chi connectivity index (χ2v) is 23.4. The number of benzene rings is 16. The smallest absolute Gasteiger partial charge is 0.0501 e. The molecule has 0 unspecified atom stereocenters. The maximum absolute atomic E-state index is 2.48. The number of rotatable bonds is 6. The van der Waals surface area contributed by atoms with Crippen LogP contribution in [-0.4, -0.2) is 11.6 Å². The third kappa shape index (κ3) is 6.96. The van der Waals surface area contributed by atoms with Crippen LogP contribution in [0.15, 0.2) is 291 Å². The summed E-state index contributed by atoms with van der Waals surface area (Å²) >= 11 is 0. The van der Waals surface area contributed by atoms with Crippen LogP contribution in [0, 0.1) is 0 Å². The predicted molar refractivity (Wildman–Crippen MR) is 369 cm³/mol. The van der Waals surface area contributed by atoms with Crippen molar-refractivity contribution in [3.05, 3.63) is 291 Å². The summed E-state index contributed by atoms with van der Waals surface area (Å²) in [6, 6.07) is 109. The fourth-order valence-electron chi connectivity index (χ4n) is 15.4. The minimum atomic E-state index is 1.20. The van der Waals surface area contributed by atoms with Crippen LogP contribution in [0.3, 0.4) is 0 Å². The summed E-state index contributed by atoms with van der Waals surface area (Å²) in [6.07, 6.45) is 0. The molecule has 86 heavy (non-hydrogen) atoms. The molecule has 0 saturated carbocycles. The SMILES string of the molecule is CN1c2cc(-c3c4ccccc4c(-c4ccccc4-c4cccc5ccccc45)c4ccccc34)ccc2-c2cc3c(c4cccc1c24)c1ccc(-c2c4ccccc4c(-c4ccccc4-c4cccc5ccccc45)c4ccccc24)cc1n3C. The van der Waals surface area contributed by atoms with Crippen molar-refractivity contribution >= 4 is 109 Å². The van der Waals surface area contributed by atoms with Gasteiger partial charge in [-0.25, -0.2) is 0 Å². The van der Waals surface area contributed by atoms with Crippen LogP contribution in [0.4, 0.5) is 11.4 Å². The van der Waals surface area contributed by atoms with Crippen LogP contribution < -0.4 is 4.90 Å². The lowest BCUT2D eigenvalue weighted by Crippen LogP contribution is -2.15. The van der Waals surface area contributed by atoms with Gasteiger partial charge in [0.1, 0.15) is 0 Å². The van der Waals surface area contributed by atoms with Gasteiger partial charge in [-0.15, -0.1) is 0 Å². The Bertz CT molecular complexity index is 5630. The van der Waals surface area contributed by atoms with Crippen molar-refractivity contribution in [1.29, 1.82) is 0 Å². The van der Waals surface area contributed by atoms with Gasteiger partial charge < -0.3 is 9.47 Å². The van der Waals surface area contributed by atoms with Gasteiger partial charge in [-0.1, -0.05) is 267 Å². The van der Waals surface area contributed by atoms with Gasteiger partial charge in [0, 0.05) is 52.7 Å². The quantitative estimate of drug-likeness (QED) is 0.151. The van der Waals surface area contributed by atoms with Crippen molar-refractivity contribution < 1.29 is 0 Å². The van der Waals surface area contributed by atoms with Crippen LogP contribution in [0.1, 0.15) is 0 Å². The molecule has 1 aliphatic heterocycles. The van der Waals surface area contributed by atoms with E-state index < -0.39 is 0 Å². The van der Waals surface area contributed by atoms with E-state index in [1.807, 2.05) is 0 Å². The fraction of sp³-hybridized carbons (Fsp3) is 0.0238. The van der Waals surface area contributed by atoms with E-state index in [1.54, 1.807) is 0 Å². The lowest BCUT2D eigenvalue weighted by Gasteiger charge is -2.31. The minimum Gasteiger partial charge on any atom is -0.344 e. The van der Waals surface area contributed by atoms with Crippen molar-refractivity contribution in [2.45, 2.75) is 0 Å². The first-order valence-corrected chi connectivity index (χ1v) is 29.9. The monoisotopic (exact) mass is 1090 g/mol. The molecule has 0 atom stereocenters. The Hall–Kier alpha value is -11.1. The first-order chi connectivity index (χ1) is 42.6. The lowest BCUT2D eigenvalue weighted by atomic mass is 9.82. The van der Waals surface area contributed by atoms with Crippen LogP contribution in [0.2, 0.25) is 0 Å². The minimum absolute atomic E-state index is 1.20. The number of nitrogens with zero attached hydrogens (tertiary/aromatic N) is 2. The number of hydrogen-bond acceptors (Lipinski definition) is 1. The van der Waals surface area contributed by atoms with Crippen molar-refractivity contribution in [1.82, 2.24) is 4.57 Å². The van der Waals surface area contributed by atoms with E-state index in [0.717, 1.165) is 0 Å². The second-order valence-electron chi connectivity index (χ2n) is 23.4. The first kappa shape index (κ1) is 48.5. The number of aryl methyl sites for hydroxylation is 1. The molecule has 2 heterocycles. The molecule has 0 spiro atoms. The van der Waals surface area contributed by atoms with Crippen molar-refractivity contribution in [2.75, 3.05) is 11.9 Å². The molecule has 0 fully saturated rings. The normalized spacial score (nSPS) is 12.3. The zero-order valence-corrected chi connectivity index (χ0v) is 47.6. The average molecular weight is 1090 g/mol. The molecule has 1 aromatic heterocycles. The van der Waals surface area contributed by atoms with Crippen molar-refractivity contribution in [3.8, 4) is 77.9 Å². The van der Waals surface area contributed by atoms with Crippen molar-refractivity contribution in [3.63, 3.8) is 0 Å². The zero-order valence-electron chi connectivity index (χ0n) is 47.6. The molecule has 18 rings (SSSR count). The topological polar surface area (TPSA) is 8.17 Å². The molecule has 0 N–H and O–H groups in total. The van der Waals surface area contributed by atoms with Gasteiger partial charge in [-0.05, 0) is 167 Å². The number of anilines is 2. The Morgan fingerprint density at radius 1 is 0.209 bits per heavy atom. The van der Waals surface area contributed by atoms with Gasteiger partial charge in [0.25, 0.3) is 0 Å². The number of hydrogen-bond donors (Lipinski definition) is 0. The Labute approximate surface area is 498 Å². The van der Waals surface area contributed by atoms with E-state index in [1.165, 1.54) is 186 Å². The van der Waals surface area contributed by atoms with E-state index in [4.69, 9.17) is 0 Å². The zero-order chi connectivity index (χ0) is 56.7. The molecule has 2 heteroatoms. The van der Waals surface area contributed by atoms with Crippen LogP contribution in [0.25, 0.3) is 175 Å².